The van der Waals surface area contributed by atoms with Crippen LogP contribution >= 0.6 is 0 Å². The first kappa shape index (κ1) is 21.2. The Morgan fingerprint density at radius 2 is 2.04 bits per heavy atom. The van der Waals surface area contributed by atoms with E-state index in [0.29, 0.717) is 19.1 Å². The van der Waals surface area contributed by atoms with Crippen molar-refractivity contribution in [3.8, 4) is 0 Å². The summed E-state index contributed by atoms with van der Waals surface area (Å²) < 4.78 is 10.7. The molecule has 0 spiro atoms. The van der Waals surface area contributed by atoms with Gasteiger partial charge in [0.1, 0.15) is 0 Å². The van der Waals surface area contributed by atoms with E-state index in [1.54, 1.807) is 7.11 Å². The van der Waals surface area contributed by atoms with Crippen molar-refractivity contribution >= 4 is 5.96 Å². The van der Waals surface area contributed by atoms with Gasteiger partial charge in [-0.25, -0.2) is 0 Å². The Bertz CT molecular complexity index is 335. The number of methoxy groups -OCH3 is 1. The van der Waals surface area contributed by atoms with Crippen molar-refractivity contribution in [2.75, 3.05) is 72.7 Å². The number of nitrogens with zero attached hydrogens (tertiary/aromatic N) is 3. The minimum Gasteiger partial charge on any atom is -0.382 e. The first-order chi connectivity index (χ1) is 11.7. The van der Waals surface area contributed by atoms with Gasteiger partial charge in [0.05, 0.1) is 19.8 Å². The van der Waals surface area contributed by atoms with Gasteiger partial charge in [0.2, 0.25) is 0 Å². The predicted octanol–water partition coefficient (Wildman–Crippen LogP) is 1.67. The van der Waals surface area contributed by atoms with E-state index in [1.807, 2.05) is 0 Å². The van der Waals surface area contributed by atoms with Crippen LogP contribution in [0.1, 0.15) is 33.6 Å². The second-order valence-electron chi connectivity index (χ2n) is 6.28. The fourth-order valence-electron chi connectivity index (χ4n) is 3.00. The molecule has 0 bridgehead atoms. The van der Waals surface area contributed by atoms with Crippen LogP contribution in [0.5, 0.6) is 0 Å². The maximum Gasteiger partial charge on any atom is 0.193 e. The zero-order chi connectivity index (χ0) is 17.6. The van der Waals surface area contributed by atoms with Crippen molar-refractivity contribution in [1.29, 1.82) is 0 Å². The van der Waals surface area contributed by atoms with Gasteiger partial charge in [-0.15, -0.1) is 0 Å². The molecule has 6 heteroatoms. The molecule has 1 atom stereocenters. The summed E-state index contributed by atoms with van der Waals surface area (Å²) in [6.07, 6.45) is 2.30. The van der Waals surface area contributed by atoms with Gasteiger partial charge < -0.3 is 24.6 Å². The molecule has 1 fully saturated rings. The molecule has 0 saturated carbocycles. The molecule has 1 saturated heterocycles. The van der Waals surface area contributed by atoms with Crippen molar-refractivity contribution < 1.29 is 9.47 Å². The van der Waals surface area contributed by atoms with E-state index in [1.165, 1.54) is 6.42 Å². The molecule has 0 amide bonds. The van der Waals surface area contributed by atoms with E-state index in [2.05, 4.69) is 35.9 Å². The molecule has 1 unspecified atom stereocenters. The first-order valence-corrected chi connectivity index (χ1v) is 9.57. The largest absolute Gasteiger partial charge is 0.382 e. The highest BCUT2D eigenvalue weighted by molar-refractivity contribution is 5.80. The van der Waals surface area contributed by atoms with Gasteiger partial charge in [-0.1, -0.05) is 13.8 Å². The summed E-state index contributed by atoms with van der Waals surface area (Å²) in [5, 5.41) is 3.44. The molecule has 0 aliphatic carbocycles. The standard InChI is InChI=1S/C18H38N4O2/c1-5-19-18(20-10-8-11-21(6-2)7-3)22-12-9-17(15-22)16-24-14-13-23-4/h17H,5-16H2,1-4H3,(H,19,20). The number of hydrogen-bond donors (Lipinski definition) is 1. The summed E-state index contributed by atoms with van der Waals surface area (Å²) in [7, 11) is 1.71. The van der Waals surface area contributed by atoms with Gasteiger partial charge in [-0.3, -0.25) is 4.99 Å². The summed E-state index contributed by atoms with van der Waals surface area (Å²) in [4.78, 5) is 9.65. The van der Waals surface area contributed by atoms with E-state index in [0.717, 1.165) is 64.8 Å². The summed E-state index contributed by atoms with van der Waals surface area (Å²) in [5.41, 5.74) is 0. The molecule has 6 nitrogen and oxygen atoms in total. The summed E-state index contributed by atoms with van der Waals surface area (Å²) in [5.74, 6) is 1.66. The maximum atomic E-state index is 5.68. The van der Waals surface area contributed by atoms with Crippen LogP contribution in [0.3, 0.4) is 0 Å². The lowest BCUT2D eigenvalue weighted by atomic mass is 10.1. The lowest BCUT2D eigenvalue weighted by Crippen LogP contribution is -2.40. The number of aliphatic imine (C=N–C) groups is 1. The second kappa shape index (κ2) is 13.4. The smallest absolute Gasteiger partial charge is 0.193 e. The Labute approximate surface area is 148 Å². The fraction of sp³-hybridized carbons (Fsp3) is 0.944. The summed E-state index contributed by atoms with van der Waals surface area (Å²) >= 11 is 0. The van der Waals surface area contributed by atoms with E-state index < -0.39 is 0 Å². The third-order valence-electron chi connectivity index (χ3n) is 4.49. The number of guanidine groups is 1. The van der Waals surface area contributed by atoms with Crippen molar-refractivity contribution in [2.24, 2.45) is 10.9 Å². The van der Waals surface area contributed by atoms with Crippen LogP contribution in [0, 0.1) is 5.92 Å². The van der Waals surface area contributed by atoms with Crippen LogP contribution in [0.2, 0.25) is 0 Å². The van der Waals surface area contributed by atoms with Gasteiger partial charge >= 0.3 is 0 Å². The Morgan fingerprint density at radius 3 is 2.71 bits per heavy atom. The second-order valence-corrected chi connectivity index (χ2v) is 6.28. The van der Waals surface area contributed by atoms with Crippen LogP contribution in [-0.2, 0) is 9.47 Å². The molecule has 0 aromatic carbocycles. The maximum absolute atomic E-state index is 5.68. The minimum atomic E-state index is 0.599. The highest BCUT2D eigenvalue weighted by Crippen LogP contribution is 2.16. The Morgan fingerprint density at radius 1 is 1.25 bits per heavy atom. The van der Waals surface area contributed by atoms with Gasteiger partial charge in [-0.05, 0) is 39.4 Å². The zero-order valence-corrected chi connectivity index (χ0v) is 16.2. The Hall–Kier alpha value is -0.850. The van der Waals surface area contributed by atoms with Gasteiger partial charge in [0.25, 0.3) is 0 Å². The van der Waals surface area contributed by atoms with Crippen LogP contribution in [0.25, 0.3) is 0 Å². The topological polar surface area (TPSA) is 49.3 Å². The van der Waals surface area contributed by atoms with E-state index in [-0.39, 0.29) is 0 Å². The third-order valence-corrected chi connectivity index (χ3v) is 4.49. The first-order valence-electron chi connectivity index (χ1n) is 9.57. The summed E-state index contributed by atoms with van der Waals surface area (Å²) in [6, 6.07) is 0. The molecular weight excluding hydrogens is 304 g/mol. The molecule has 0 radical (unpaired) electrons. The van der Waals surface area contributed by atoms with Crippen molar-refractivity contribution in [3.63, 3.8) is 0 Å². The number of rotatable bonds is 12. The average Bonchev–Trinajstić information content (AvgIpc) is 3.06. The number of ether oxygens (including phenoxy) is 2. The fourth-order valence-corrected chi connectivity index (χ4v) is 3.00. The van der Waals surface area contributed by atoms with E-state index >= 15 is 0 Å². The van der Waals surface area contributed by atoms with Gasteiger partial charge in [0.15, 0.2) is 5.96 Å². The Balaban J connectivity index is 2.34. The van der Waals surface area contributed by atoms with E-state index in [4.69, 9.17) is 14.5 Å². The zero-order valence-electron chi connectivity index (χ0n) is 16.2. The van der Waals surface area contributed by atoms with Crippen LogP contribution in [0.15, 0.2) is 4.99 Å². The molecule has 1 heterocycles. The molecule has 1 rings (SSSR count). The van der Waals surface area contributed by atoms with Gasteiger partial charge in [-0.2, -0.15) is 0 Å². The number of likely N-dealkylation sites (tertiary alicyclic amines) is 1. The van der Waals surface area contributed by atoms with Crippen molar-refractivity contribution in [3.05, 3.63) is 0 Å². The lowest BCUT2D eigenvalue weighted by Gasteiger charge is -2.22. The molecule has 0 aromatic rings. The number of hydrogen-bond acceptors (Lipinski definition) is 4. The monoisotopic (exact) mass is 342 g/mol. The highest BCUT2D eigenvalue weighted by atomic mass is 16.5. The van der Waals surface area contributed by atoms with Crippen LogP contribution in [-0.4, -0.2) is 88.5 Å². The molecule has 1 aliphatic rings. The van der Waals surface area contributed by atoms with Crippen LogP contribution < -0.4 is 5.32 Å². The number of nitrogens with one attached hydrogen (secondary N) is 1. The highest BCUT2D eigenvalue weighted by Gasteiger charge is 2.24. The minimum absolute atomic E-state index is 0.599. The van der Waals surface area contributed by atoms with Gasteiger partial charge in [0, 0.05) is 39.2 Å². The molecule has 1 aliphatic heterocycles. The average molecular weight is 343 g/mol. The lowest BCUT2D eigenvalue weighted by molar-refractivity contribution is 0.0536. The Kier molecular flexibility index (Phi) is 11.9. The molecule has 0 aromatic heterocycles. The van der Waals surface area contributed by atoms with Crippen molar-refractivity contribution in [1.82, 2.24) is 15.1 Å². The quantitative estimate of drug-likeness (QED) is 0.332. The predicted molar refractivity (Wildman–Crippen MR) is 101 cm³/mol. The van der Waals surface area contributed by atoms with Crippen LogP contribution in [0.4, 0.5) is 0 Å². The molecular formula is C18H38N4O2. The SMILES string of the molecule is CCNC(=NCCCN(CC)CC)N1CCC(COCCOC)C1. The molecule has 1 N–H and O–H groups in total. The molecule has 142 valence electrons. The van der Waals surface area contributed by atoms with Crippen molar-refractivity contribution in [2.45, 2.75) is 33.6 Å². The summed E-state index contributed by atoms with van der Waals surface area (Å²) in [6.45, 7) is 16.0. The molecule has 24 heavy (non-hydrogen) atoms. The third kappa shape index (κ3) is 8.31. The van der Waals surface area contributed by atoms with E-state index in [9.17, 15) is 0 Å². The normalized spacial score (nSPS) is 18.6.